The molecule has 2 rings (SSSR count). The molecule has 8 heteroatoms. The first-order valence-electron chi connectivity index (χ1n) is 8.24. The Hall–Kier alpha value is -2.09. The van der Waals surface area contributed by atoms with Crippen LogP contribution in [0.1, 0.15) is 32.1 Å². The third kappa shape index (κ3) is 5.45. The van der Waals surface area contributed by atoms with Gasteiger partial charge in [-0.25, -0.2) is 13.2 Å². The Morgan fingerprint density at radius 2 is 1.92 bits per heavy atom. The highest BCUT2D eigenvalue weighted by Gasteiger charge is 2.33. The lowest BCUT2D eigenvalue weighted by molar-refractivity contribution is -0.148. The summed E-state index contributed by atoms with van der Waals surface area (Å²) in [7, 11) is -3.22. The second-order valence-electron chi connectivity index (χ2n) is 6.13. The Labute approximate surface area is 147 Å². The summed E-state index contributed by atoms with van der Waals surface area (Å²) in [5.41, 5.74) is 0. The highest BCUT2D eigenvalue weighted by atomic mass is 32.2. The van der Waals surface area contributed by atoms with E-state index in [4.69, 9.17) is 9.84 Å². The van der Waals surface area contributed by atoms with Crippen LogP contribution in [0, 0.1) is 0 Å². The minimum Gasteiger partial charge on any atom is -0.494 e. The molecule has 0 radical (unpaired) electrons. The molecule has 25 heavy (non-hydrogen) atoms. The fourth-order valence-electron chi connectivity index (χ4n) is 2.82. The highest BCUT2D eigenvalue weighted by molar-refractivity contribution is 7.90. The fourth-order valence-corrected chi connectivity index (χ4v) is 3.45. The molecule has 1 fully saturated rings. The minimum atomic E-state index is -3.22. The molecule has 0 bridgehead atoms. The molecule has 1 aromatic carbocycles. The Bertz CT molecular complexity index is 713. The molecular formula is C17H23NO6S. The van der Waals surface area contributed by atoms with Crippen molar-refractivity contribution in [1.29, 1.82) is 0 Å². The SMILES string of the molecule is CS(=O)(=O)c1ccc(OCCCCC(=O)N2CCC[C@@H]2C(=O)O)cc1. The van der Waals surface area contributed by atoms with Crippen LogP contribution in [0.5, 0.6) is 5.75 Å². The number of hydrogen-bond acceptors (Lipinski definition) is 5. The molecule has 0 saturated carbocycles. The predicted octanol–water partition coefficient (Wildman–Crippen LogP) is 1.71. The number of sulfone groups is 1. The minimum absolute atomic E-state index is 0.123. The van der Waals surface area contributed by atoms with E-state index in [2.05, 4.69) is 0 Å². The number of carbonyl (C=O) groups is 2. The summed E-state index contributed by atoms with van der Waals surface area (Å²) >= 11 is 0. The molecule has 1 heterocycles. The molecule has 1 aliphatic rings. The third-order valence-electron chi connectivity index (χ3n) is 4.16. The molecule has 1 saturated heterocycles. The van der Waals surface area contributed by atoms with Crippen LogP contribution in [0.2, 0.25) is 0 Å². The van der Waals surface area contributed by atoms with Gasteiger partial charge in [-0.15, -0.1) is 0 Å². The van der Waals surface area contributed by atoms with E-state index in [1.54, 1.807) is 12.1 Å². The van der Waals surface area contributed by atoms with Gasteiger partial charge in [0.1, 0.15) is 11.8 Å². The normalized spacial score (nSPS) is 17.5. The number of carboxylic acid groups (broad SMARTS) is 1. The van der Waals surface area contributed by atoms with Gasteiger partial charge < -0.3 is 14.7 Å². The van der Waals surface area contributed by atoms with Gasteiger partial charge in [-0.2, -0.15) is 0 Å². The third-order valence-corrected chi connectivity index (χ3v) is 5.29. The van der Waals surface area contributed by atoms with E-state index in [0.29, 0.717) is 44.6 Å². The summed E-state index contributed by atoms with van der Waals surface area (Å²) in [6.07, 6.45) is 3.98. The maximum absolute atomic E-state index is 12.1. The average molecular weight is 369 g/mol. The van der Waals surface area contributed by atoms with Crippen molar-refractivity contribution in [3.05, 3.63) is 24.3 Å². The van der Waals surface area contributed by atoms with E-state index in [1.165, 1.54) is 17.0 Å². The summed E-state index contributed by atoms with van der Waals surface area (Å²) in [5.74, 6) is -0.488. The summed E-state index contributed by atoms with van der Waals surface area (Å²) in [6, 6.07) is 5.50. The van der Waals surface area contributed by atoms with Crippen LogP contribution in [0.4, 0.5) is 0 Å². The number of aliphatic carboxylic acids is 1. The lowest BCUT2D eigenvalue weighted by Gasteiger charge is -2.21. The first-order valence-corrected chi connectivity index (χ1v) is 10.1. The zero-order chi connectivity index (χ0) is 18.4. The summed E-state index contributed by atoms with van der Waals surface area (Å²) in [5, 5.41) is 9.09. The van der Waals surface area contributed by atoms with Gasteiger partial charge in [0.2, 0.25) is 5.91 Å². The van der Waals surface area contributed by atoms with Gasteiger partial charge in [0.15, 0.2) is 9.84 Å². The van der Waals surface area contributed by atoms with Gasteiger partial charge in [-0.3, -0.25) is 4.79 Å². The van der Waals surface area contributed by atoms with Crippen LogP contribution in [-0.2, 0) is 19.4 Å². The quantitative estimate of drug-likeness (QED) is 0.700. The van der Waals surface area contributed by atoms with E-state index in [1.807, 2.05) is 0 Å². The van der Waals surface area contributed by atoms with Gasteiger partial charge in [0.25, 0.3) is 0 Å². The number of likely N-dealkylation sites (tertiary alicyclic amines) is 1. The lowest BCUT2D eigenvalue weighted by atomic mass is 10.2. The maximum Gasteiger partial charge on any atom is 0.326 e. The number of ether oxygens (including phenoxy) is 1. The lowest BCUT2D eigenvalue weighted by Crippen LogP contribution is -2.40. The highest BCUT2D eigenvalue weighted by Crippen LogP contribution is 2.19. The molecular weight excluding hydrogens is 346 g/mol. The topological polar surface area (TPSA) is 101 Å². The van der Waals surface area contributed by atoms with Crippen LogP contribution in [0.15, 0.2) is 29.2 Å². The fraction of sp³-hybridized carbons (Fsp3) is 0.529. The first-order chi connectivity index (χ1) is 11.8. The molecule has 1 N–H and O–H groups in total. The smallest absolute Gasteiger partial charge is 0.326 e. The molecule has 138 valence electrons. The van der Waals surface area contributed by atoms with Gasteiger partial charge >= 0.3 is 5.97 Å². The van der Waals surface area contributed by atoms with Gasteiger partial charge in [-0.1, -0.05) is 0 Å². The number of carbonyl (C=O) groups excluding carboxylic acids is 1. The van der Waals surface area contributed by atoms with Crippen molar-refractivity contribution < 1.29 is 27.9 Å². The van der Waals surface area contributed by atoms with Gasteiger partial charge in [0.05, 0.1) is 11.5 Å². The van der Waals surface area contributed by atoms with Crippen LogP contribution in [0.25, 0.3) is 0 Å². The Morgan fingerprint density at radius 3 is 2.52 bits per heavy atom. The Kier molecular flexibility index (Phi) is 6.41. The van der Waals surface area contributed by atoms with Crippen molar-refractivity contribution >= 4 is 21.7 Å². The summed E-state index contributed by atoms with van der Waals surface area (Å²) in [4.78, 5) is 24.9. The van der Waals surface area contributed by atoms with Crippen LogP contribution in [-0.4, -0.2) is 55.7 Å². The molecule has 7 nitrogen and oxygen atoms in total. The molecule has 0 aliphatic carbocycles. The second-order valence-corrected chi connectivity index (χ2v) is 8.15. The number of amides is 1. The molecule has 0 spiro atoms. The van der Waals surface area contributed by atoms with E-state index in [9.17, 15) is 18.0 Å². The number of hydrogen-bond donors (Lipinski definition) is 1. The molecule has 0 aromatic heterocycles. The van der Waals surface area contributed by atoms with Gasteiger partial charge in [-0.05, 0) is 49.9 Å². The van der Waals surface area contributed by atoms with E-state index in [0.717, 1.165) is 12.7 Å². The van der Waals surface area contributed by atoms with Crippen LogP contribution >= 0.6 is 0 Å². The van der Waals surface area contributed by atoms with Crippen molar-refractivity contribution in [2.75, 3.05) is 19.4 Å². The van der Waals surface area contributed by atoms with E-state index < -0.39 is 21.8 Å². The number of carboxylic acids is 1. The van der Waals surface area contributed by atoms with Crippen molar-refractivity contribution in [1.82, 2.24) is 4.90 Å². The van der Waals surface area contributed by atoms with E-state index >= 15 is 0 Å². The Morgan fingerprint density at radius 1 is 1.24 bits per heavy atom. The van der Waals surface area contributed by atoms with Gasteiger partial charge in [0, 0.05) is 19.2 Å². The molecule has 0 unspecified atom stereocenters. The number of benzene rings is 1. The average Bonchev–Trinajstić information content (AvgIpc) is 3.04. The molecule has 1 aliphatic heterocycles. The van der Waals surface area contributed by atoms with Crippen LogP contribution in [0.3, 0.4) is 0 Å². The second kappa shape index (κ2) is 8.33. The monoisotopic (exact) mass is 369 g/mol. The summed E-state index contributed by atoms with van der Waals surface area (Å²) in [6.45, 7) is 0.923. The van der Waals surface area contributed by atoms with Crippen molar-refractivity contribution in [3.8, 4) is 5.75 Å². The van der Waals surface area contributed by atoms with Crippen LogP contribution < -0.4 is 4.74 Å². The van der Waals surface area contributed by atoms with Crippen molar-refractivity contribution in [2.45, 2.75) is 43.0 Å². The molecule has 1 aromatic rings. The van der Waals surface area contributed by atoms with E-state index in [-0.39, 0.29) is 10.8 Å². The number of unbranched alkanes of at least 4 members (excludes halogenated alkanes) is 1. The summed E-state index contributed by atoms with van der Waals surface area (Å²) < 4.78 is 28.3. The predicted molar refractivity (Wildman–Crippen MR) is 91.3 cm³/mol. The maximum atomic E-state index is 12.1. The number of rotatable bonds is 8. The molecule has 1 amide bonds. The number of nitrogens with zero attached hydrogens (tertiary/aromatic N) is 1. The standard InChI is InChI=1S/C17H23NO6S/c1-25(22,23)14-9-7-13(8-10-14)24-12-3-2-6-16(19)18-11-4-5-15(18)17(20)21/h7-10,15H,2-6,11-12H2,1H3,(H,20,21)/t15-/m1/s1. The van der Waals surface area contributed by atoms with Crippen molar-refractivity contribution in [2.24, 2.45) is 0 Å². The largest absolute Gasteiger partial charge is 0.494 e. The zero-order valence-corrected chi connectivity index (χ0v) is 15.0. The Balaban J connectivity index is 1.69. The zero-order valence-electron chi connectivity index (χ0n) is 14.2. The first kappa shape index (κ1) is 19.2. The van der Waals surface area contributed by atoms with Crippen molar-refractivity contribution in [3.63, 3.8) is 0 Å². The molecule has 1 atom stereocenters.